The first-order chi connectivity index (χ1) is 18.2. The lowest BCUT2D eigenvalue weighted by Crippen LogP contribution is -2.53. The van der Waals surface area contributed by atoms with Gasteiger partial charge in [-0.05, 0) is 52.5 Å². The Balaban J connectivity index is 1.68. The average Bonchev–Trinajstić information content (AvgIpc) is 2.85. The number of piperidine rings is 1. The minimum absolute atomic E-state index is 0.0285. The number of ether oxygens (including phenoxy) is 3. The molecule has 2 heterocycles. The highest BCUT2D eigenvalue weighted by molar-refractivity contribution is 5.88. The Kier molecular flexibility index (Phi) is 9.48. The molecule has 9 nitrogen and oxygen atoms in total. The average molecular weight is 554 g/mol. The van der Waals surface area contributed by atoms with E-state index in [-0.39, 0.29) is 36.7 Å². The predicted octanol–water partition coefficient (Wildman–Crippen LogP) is 4.52. The molecule has 0 saturated carbocycles. The van der Waals surface area contributed by atoms with Crippen molar-refractivity contribution in [2.75, 3.05) is 26.3 Å². The van der Waals surface area contributed by atoms with Crippen LogP contribution in [0, 0.1) is 17.9 Å². The highest BCUT2D eigenvalue weighted by atomic mass is 19.4. The van der Waals surface area contributed by atoms with Crippen LogP contribution >= 0.6 is 0 Å². The molecule has 2 aliphatic heterocycles. The molecule has 1 aromatic rings. The van der Waals surface area contributed by atoms with Gasteiger partial charge in [-0.2, -0.15) is 0 Å². The first-order valence-electron chi connectivity index (χ1n) is 12.8. The minimum atomic E-state index is -4.96. The number of esters is 1. The number of halogens is 3. The van der Waals surface area contributed by atoms with Crippen molar-refractivity contribution in [3.05, 3.63) is 35.2 Å². The maximum absolute atomic E-state index is 13.7. The van der Waals surface area contributed by atoms with Gasteiger partial charge in [0.05, 0.1) is 24.3 Å². The highest BCUT2D eigenvalue weighted by Crippen LogP contribution is 2.38. The molecular formula is C27H34F3N3O6. The summed E-state index contributed by atoms with van der Waals surface area (Å²) >= 11 is 0. The molecule has 1 N–H and O–H groups in total. The number of benzene rings is 1. The van der Waals surface area contributed by atoms with Crippen molar-refractivity contribution in [3.63, 3.8) is 0 Å². The van der Waals surface area contributed by atoms with Gasteiger partial charge < -0.3 is 24.4 Å². The van der Waals surface area contributed by atoms with Crippen molar-refractivity contribution in [3.8, 4) is 5.75 Å². The Hall–Kier alpha value is -3.33. The second-order valence-corrected chi connectivity index (χ2v) is 10.9. The van der Waals surface area contributed by atoms with E-state index >= 15 is 0 Å². The Morgan fingerprint density at radius 1 is 1.21 bits per heavy atom. The van der Waals surface area contributed by atoms with Crippen LogP contribution in [0.2, 0.25) is 0 Å². The number of carbonyl (C=O) groups is 3. The van der Waals surface area contributed by atoms with Crippen molar-refractivity contribution in [2.24, 2.45) is 11.3 Å². The van der Waals surface area contributed by atoms with Gasteiger partial charge in [-0.1, -0.05) is 12.1 Å². The standard InChI is InChI=1S/C27H34F3N3O6/c1-25(2,3)39-22(34)15-26(9-12-37-13-10-26)24(36)33-11-5-6-19(17-33)23(35)32-16-18-7-8-20(31-4)14-21(18)38-27(28,29)30/h7-8,14,19H,5-6,9-13,15-17H2,1-3H3,(H,32,35)/t19-/m1/s1. The van der Waals surface area contributed by atoms with Crippen molar-refractivity contribution in [1.82, 2.24) is 10.2 Å². The maximum Gasteiger partial charge on any atom is 0.573 e. The fourth-order valence-corrected chi connectivity index (χ4v) is 4.90. The molecule has 0 spiro atoms. The van der Waals surface area contributed by atoms with E-state index in [0.29, 0.717) is 45.4 Å². The predicted molar refractivity (Wildman–Crippen MR) is 133 cm³/mol. The van der Waals surface area contributed by atoms with Crippen molar-refractivity contribution in [1.29, 1.82) is 0 Å². The molecule has 0 aromatic heterocycles. The van der Waals surface area contributed by atoms with Gasteiger partial charge in [0, 0.05) is 38.4 Å². The number of nitrogens with zero attached hydrogens (tertiary/aromatic N) is 2. The third kappa shape index (κ3) is 8.58. The summed E-state index contributed by atoms with van der Waals surface area (Å²) in [5.41, 5.74) is -1.63. The summed E-state index contributed by atoms with van der Waals surface area (Å²) in [4.78, 5) is 44.1. The molecule has 2 fully saturated rings. The quantitative estimate of drug-likeness (QED) is 0.394. The van der Waals surface area contributed by atoms with Crippen LogP contribution in [0.4, 0.5) is 18.9 Å². The molecule has 1 atom stereocenters. The molecule has 2 aliphatic rings. The number of likely N-dealkylation sites (tertiary alicyclic amines) is 1. The van der Waals surface area contributed by atoms with Crippen LogP contribution in [-0.2, 0) is 30.4 Å². The fourth-order valence-electron chi connectivity index (χ4n) is 4.90. The first-order valence-corrected chi connectivity index (χ1v) is 12.8. The van der Waals surface area contributed by atoms with Crippen LogP contribution < -0.4 is 10.1 Å². The molecule has 12 heteroatoms. The first kappa shape index (κ1) is 30.2. The smallest absolute Gasteiger partial charge is 0.460 e. The van der Waals surface area contributed by atoms with E-state index in [1.54, 1.807) is 25.7 Å². The molecule has 2 amide bonds. The van der Waals surface area contributed by atoms with E-state index in [0.717, 1.165) is 6.07 Å². The Labute approximate surface area is 225 Å². The van der Waals surface area contributed by atoms with Crippen LogP contribution in [0.1, 0.15) is 58.4 Å². The largest absolute Gasteiger partial charge is 0.573 e. The number of amides is 2. The van der Waals surface area contributed by atoms with Crippen molar-refractivity contribution < 1.29 is 41.8 Å². The minimum Gasteiger partial charge on any atom is -0.460 e. The lowest BCUT2D eigenvalue weighted by Gasteiger charge is -2.42. The number of rotatable bonds is 7. The monoisotopic (exact) mass is 553 g/mol. The van der Waals surface area contributed by atoms with Gasteiger partial charge in [-0.3, -0.25) is 14.4 Å². The van der Waals surface area contributed by atoms with E-state index in [1.165, 1.54) is 12.1 Å². The lowest BCUT2D eigenvalue weighted by atomic mass is 9.75. The lowest BCUT2D eigenvalue weighted by molar-refractivity contribution is -0.274. The third-order valence-corrected chi connectivity index (χ3v) is 6.74. The van der Waals surface area contributed by atoms with E-state index in [1.807, 2.05) is 0 Å². The Bertz CT molecular complexity index is 1100. The zero-order chi connectivity index (χ0) is 28.8. The summed E-state index contributed by atoms with van der Waals surface area (Å²) in [6, 6.07) is 3.62. The SMILES string of the molecule is [C-]#[N+]c1ccc(CNC(=O)[C@@H]2CCCN(C(=O)C3(CC(=O)OC(C)(C)C)CCOCC3)C2)c(OC(F)(F)F)c1. The molecule has 3 rings (SSSR count). The summed E-state index contributed by atoms with van der Waals surface area (Å²) in [5, 5.41) is 2.64. The number of hydrogen-bond donors (Lipinski definition) is 1. The van der Waals surface area contributed by atoms with Gasteiger partial charge in [0.15, 0.2) is 5.69 Å². The molecular weight excluding hydrogens is 519 g/mol. The zero-order valence-corrected chi connectivity index (χ0v) is 22.4. The zero-order valence-electron chi connectivity index (χ0n) is 22.4. The molecule has 1 aromatic carbocycles. The maximum atomic E-state index is 13.7. The van der Waals surface area contributed by atoms with E-state index in [2.05, 4.69) is 14.9 Å². The Morgan fingerprint density at radius 2 is 1.90 bits per heavy atom. The normalized spacial score (nSPS) is 19.5. The highest BCUT2D eigenvalue weighted by Gasteiger charge is 2.46. The Morgan fingerprint density at radius 3 is 2.51 bits per heavy atom. The topological polar surface area (TPSA) is 98.5 Å². The summed E-state index contributed by atoms with van der Waals surface area (Å²) in [5.74, 6) is -2.22. The number of hydrogen-bond acceptors (Lipinski definition) is 6. The van der Waals surface area contributed by atoms with E-state index in [9.17, 15) is 27.6 Å². The number of alkyl halides is 3. The van der Waals surface area contributed by atoms with Gasteiger partial charge >= 0.3 is 12.3 Å². The molecule has 0 unspecified atom stereocenters. The van der Waals surface area contributed by atoms with Gasteiger partial charge in [-0.15, -0.1) is 13.2 Å². The van der Waals surface area contributed by atoms with Crippen molar-refractivity contribution >= 4 is 23.5 Å². The summed E-state index contributed by atoms with van der Waals surface area (Å²) in [6.45, 7) is 13.3. The molecule has 2 saturated heterocycles. The van der Waals surface area contributed by atoms with E-state index in [4.69, 9.17) is 16.0 Å². The number of nitrogens with one attached hydrogen (secondary N) is 1. The van der Waals surface area contributed by atoms with Crippen molar-refractivity contribution in [2.45, 2.75) is 71.4 Å². The van der Waals surface area contributed by atoms with Gasteiger partial charge in [0.1, 0.15) is 11.4 Å². The van der Waals surface area contributed by atoms with Crippen LogP contribution in [0.15, 0.2) is 18.2 Å². The second kappa shape index (κ2) is 12.2. The second-order valence-electron chi connectivity index (χ2n) is 10.9. The van der Waals surface area contributed by atoms with Crippen LogP contribution in [0.5, 0.6) is 5.75 Å². The summed E-state index contributed by atoms with van der Waals surface area (Å²) in [7, 11) is 0. The summed E-state index contributed by atoms with van der Waals surface area (Å²) < 4.78 is 53.5. The molecule has 0 bridgehead atoms. The van der Waals surface area contributed by atoms with Crippen LogP contribution in [-0.4, -0.2) is 61.0 Å². The molecule has 214 valence electrons. The third-order valence-electron chi connectivity index (χ3n) is 6.74. The van der Waals surface area contributed by atoms with E-state index < -0.39 is 40.9 Å². The fraction of sp³-hybridized carbons (Fsp3) is 0.630. The molecule has 0 radical (unpaired) electrons. The molecule has 0 aliphatic carbocycles. The number of carbonyl (C=O) groups excluding carboxylic acids is 3. The van der Waals surface area contributed by atoms with Crippen LogP contribution in [0.25, 0.3) is 4.85 Å². The van der Waals surface area contributed by atoms with Gasteiger partial charge in [0.2, 0.25) is 11.8 Å². The molecule has 39 heavy (non-hydrogen) atoms. The summed E-state index contributed by atoms with van der Waals surface area (Å²) in [6.07, 6.45) is -3.25. The van der Waals surface area contributed by atoms with Gasteiger partial charge in [0.25, 0.3) is 0 Å². The van der Waals surface area contributed by atoms with Gasteiger partial charge in [-0.25, -0.2) is 4.85 Å². The van der Waals surface area contributed by atoms with Crippen LogP contribution in [0.3, 0.4) is 0 Å².